The normalized spacial score (nSPS) is 15.1. The van der Waals surface area contributed by atoms with Crippen LogP contribution in [0.1, 0.15) is 17.5 Å². The molecule has 116 valence electrons. The van der Waals surface area contributed by atoms with Gasteiger partial charge >= 0.3 is 0 Å². The molecule has 0 spiro atoms. The topological polar surface area (TPSA) is 49.2 Å². The first kappa shape index (κ1) is 14.1. The highest BCUT2D eigenvalue weighted by Crippen LogP contribution is 2.24. The Morgan fingerprint density at radius 2 is 1.74 bits per heavy atom. The summed E-state index contributed by atoms with van der Waals surface area (Å²) in [6, 6.07) is 18.1. The number of pyridine rings is 1. The lowest BCUT2D eigenvalue weighted by atomic mass is 10.2. The summed E-state index contributed by atoms with van der Waals surface area (Å²) in [5, 5.41) is 4.62. The van der Waals surface area contributed by atoms with Gasteiger partial charge in [-0.2, -0.15) is 5.10 Å². The third-order valence-corrected chi connectivity index (χ3v) is 3.72. The van der Waals surface area contributed by atoms with Crippen LogP contribution in [0.5, 0.6) is 0 Å². The minimum atomic E-state index is -0.360. The summed E-state index contributed by atoms with van der Waals surface area (Å²) in [4.78, 5) is 4.62. The number of benzene rings is 1. The van der Waals surface area contributed by atoms with Crippen LogP contribution < -0.4 is 0 Å². The van der Waals surface area contributed by atoms with Crippen molar-refractivity contribution in [2.75, 3.05) is 13.2 Å². The molecule has 3 aromatic rings. The SMILES string of the molecule is c1ccc(Cn2ccc(-c3cccc(C4OCCO4)n3)n2)cc1. The van der Waals surface area contributed by atoms with Gasteiger partial charge in [-0.15, -0.1) is 0 Å². The molecule has 1 aromatic carbocycles. The molecule has 0 radical (unpaired) electrons. The highest BCUT2D eigenvalue weighted by molar-refractivity contribution is 5.53. The van der Waals surface area contributed by atoms with Gasteiger partial charge in [-0.25, -0.2) is 4.98 Å². The minimum Gasteiger partial charge on any atom is -0.345 e. The fourth-order valence-corrected chi connectivity index (χ4v) is 2.61. The Kier molecular flexibility index (Phi) is 3.88. The minimum absolute atomic E-state index is 0.360. The molecule has 0 atom stereocenters. The summed E-state index contributed by atoms with van der Waals surface area (Å²) in [7, 11) is 0. The molecule has 0 saturated carbocycles. The molecule has 0 bridgehead atoms. The first-order chi connectivity index (χ1) is 11.4. The Hall–Kier alpha value is -2.50. The maximum atomic E-state index is 5.50. The van der Waals surface area contributed by atoms with E-state index in [1.807, 2.05) is 53.3 Å². The molecule has 0 N–H and O–H groups in total. The molecule has 23 heavy (non-hydrogen) atoms. The largest absolute Gasteiger partial charge is 0.345 e. The van der Waals surface area contributed by atoms with Gasteiger partial charge in [0.2, 0.25) is 6.29 Å². The molecule has 2 aromatic heterocycles. The van der Waals surface area contributed by atoms with E-state index in [0.717, 1.165) is 23.6 Å². The summed E-state index contributed by atoms with van der Waals surface area (Å²) in [5.74, 6) is 0. The van der Waals surface area contributed by atoms with Crippen LogP contribution in [0, 0.1) is 0 Å². The Morgan fingerprint density at radius 1 is 0.913 bits per heavy atom. The lowest BCUT2D eigenvalue weighted by Crippen LogP contribution is -2.03. The van der Waals surface area contributed by atoms with E-state index in [9.17, 15) is 0 Å². The van der Waals surface area contributed by atoms with Crippen LogP contribution in [-0.2, 0) is 16.0 Å². The zero-order chi connectivity index (χ0) is 15.5. The van der Waals surface area contributed by atoms with Crippen LogP contribution in [0.3, 0.4) is 0 Å². The quantitative estimate of drug-likeness (QED) is 0.743. The van der Waals surface area contributed by atoms with Crippen molar-refractivity contribution >= 4 is 0 Å². The molecule has 3 heterocycles. The predicted octanol–water partition coefficient (Wildman–Crippen LogP) is 3.04. The van der Waals surface area contributed by atoms with Crippen molar-refractivity contribution in [3.63, 3.8) is 0 Å². The molecule has 5 nitrogen and oxygen atoms in total. The second-order valence-electron chi connectivity index (χ2n) is 5.41. The van der Waals surface area contributed by atoms with E-state index in [4.69, 9.17) is 9.47 Å². The maximum absolute atomic E-state index is 5.50. The number of hydrogen-bond acceptors (Lipinski definition) is 4. The lowest BCUT2D eigenvalue weighted by Gasteiger charge is -2.08. The first-order valence-electron chi connectivity index (χ1n) is 7.66. The molecular weight excluding hydrogens is 290 g/mol. The van der Waals surface area contributed by atoms with Crippen LogP contribution >= 0.6 is 0 Å². The second-order valence-corrected chi connectivity index (χ2v) is 5.41. The monoisotopic (exact) mass is 307 g/mol. The molecule has 1 saturated heterocycles. The van der Waals surface area contributed by atoms with E-state index in [-0.39, 0.29) is 6.29 Å². The average Bonchev–Trinajstić information content (AvgIpc) is 3.28. The van der Waals surface area contributed by atoms with Gasteiger partial charge in [0, 0.05) is 6.20 Å². The fourth-order valence-electron chi connectivity index (χ4n) is 2.61. The van der Waals surface area contributed by atoms with Gasteiger partial charge in [0.15, 0.2) is 0 Å². The fraction of sp³-hybridized carbons (Fsp3) is 0.222. The van der Waals surface area contributed by atoms with Crippen LogP contribution in [0.25, 0.3) is 11.4 Å². The Morgan fingerprint density at radius 3 is 2.57 bits per heavy atom. The Balaban J connectivity index is 1.55. The highest BCUT2D eigenvalue weighted by Gasteiger charge is 2.20. The third kappa shape index (κ3) is 3.16. The van der Waals surface area contributed by atoms with E-state index in [0.29, 0.717) is 13.2 Å². The lowest BCUT2D eigenvalue weighted by molar-refractivity contribution is -0.0472. The standard InChI is InChI=1S/C18H17N3O2/c1-2-5-14(6-3-1)13-21-10-9-16(20-21)15-7-4-8-17(19-15)18-22-11-12-23-18/h1-10,18H,11-13H2. The number of rotatable bonds is 4. The molecular formula is C18H17N3O2. The van der Waals surface area contributed by atoms with Crippen molar-refractivity contribution in [3.8, 4) is 11.4 Å². The molecule has 0 aliphatic carbocycles. The molecule has 1 fully saturated rings. The van der Waals surface area contributed by atoms with Crippen LogP contribution in [0.2, 0.25) is 0 Å². The van der Waals surface area contributed by atoms with Crippen LogP contribution in [0.4, 0.5) is 0 Å². The van der Waals surface area contributed by atoms with E-state index < -0.39 is 0 Å². The van der Waals surface area contributed by atoms with Crippen molar-refractivity contribution in [2.45, 2.75) is 12.8 Å². The summed E-state index contributed by atoms with van der Waals surface area (Å²) in [6.45, 7) is 1.97. The molecule has 5 heteroatoms. The van der Waals surface area contributed by atoms with Crippen molar-refractivity contribution in [1.29, 1.82) is 0 Å². The van der Waals surface area contributed by atoms with Crippen molar-refractivity contribution in [2.24, 2.45) is 0 Å². The van der Waals surface area contributed by atoms with E-state index >= 15 is 0 Å². The smallest absolute Gasteiger partial charge is 0.201 e. The third-order valence-electron chi connectivity index (χ3n) is 3.72. The van der Waals surface area contributed by atoms with Crippen LogP contribution in [0.15, 0.2) is 60.8 Å². The van der Waals surface area contributed by atoms with Gasteiger partial charge in [0.1, 0.15) is 5.69 Å². The van der Waals surface area contributed by atoms with Crippen LogP contribution in [-0.4, -0.2) is 28.0 Å². The first-order valence-corrected chi connectivity index (χ1v) is 7.66. The summed E-state index contributed by atoms with van der Waals surface area (Å²) in [5.41, 5.74) is 3.68. The van der Waals surface area contributed by atoms with Gasteiger partial charge in [-0.05, 0) is 23.8 Å². The van der Waals surface area contributed by atoms with E-state index in [1.165, 1.54) is 5.56 Å². The van der Waals surface area contributed by atoms with Gasteiger partial charge in [0.05, 0.1) is 31.1 Å². The highest BCUT2D eigenvalue weighted by atomic mass is 16.7. The zero-order valence-corrected chi connectivity index (χ0v) is 12.6. The number of nitrogens with zero attached hydrogens (tertiary/aromatic N) is 3. The Bertz CT molecular complexity index is 780. The number of aromatic nitrogens is 3. The molecule has 1 aliphatic heterocycles. The molecule has 4 rings (SSSR count). The Labute approximate surface area is 134 Å². The number of ether oxygens (including phenoxy) is 2. The molecule has 0 unspecified atom stereocenters. The van der Waals surface area contributed by atoms with Crippen molar-refractivity contribution in [3.05, 3.63) is 72.1 Å². The number of hydrogen-bond donors (Lipinski definition) is 0. The summed E-state index contributed by atoms with van der Waals surface area (Å²) < 4.78 is 12.9. The average molecular weight is 307 g/mol. The van der Waals surface area contributed by atoms with Gasteiger partial charge in [0.25, 0.3) is 0 Å². The van der Waals surface area contributed by atoms with Gasteiger partial charge in [-0.3, -0.25) is 4.68 Å². The zero-order valence-electron chi connectivity index (χ0n) is 12.6. The molecule has 0 amide bonds. The van der Waals surface area contributed by atoms with Crippen molar-refractivity contribution in [1.82, 2.24) is 14.8 Å². The summed E-state index contributed by atoms with van der Waals surface area (Å²) in [6.07, 6.45) is 1.61. The molecule has 1 aliphatic rings. The summed E-state index contributed by atoms with van der Waals surface area (Å²) >= 11 is 0. The van der Waals surface area contributed by atoms with E-state index in [2.05, 4.69) is 22.2 Å². The maximum Gasteiger partial charge on any atom is 0.201 e. The van der Waals surface area contributed by atoms with Crippen molar-refractivity contribution < 1.29 is 9.47 Å². The second kappa shape index (κ2) is 6.32. The van der Waals surface area contributed by atoms with Gasteiger partial charge in [-0.1, -0.05) is 36.4 Å². The van der Waals surface area contributed by atoms with E-state index in [1.54, 1.807) is 0 Å². The predicted molar refractivity (Wildman–Crippen MR) is 85.6 cm³/mol. The van der Waals surface area contributed by atoms with Gasteiger partial charge < -0.3 is 9.47 Å².